The van der Waals surface area contributed by atoms with E-state index >= 15 is 0 Å². The Morgan fingerprint density at radius 2 is 1.59 bits per heavy atom. The molecule has 174 valence electrons. The molecule has 2 N–H and O–H groups in total. The second-order valence-corrected chi connectivity index (χ2v) is 10.2. The van der Waals surface area contributed by atoms with Crippen molar-refractivity contribution < 1.29 is 14.3 Å². The minimum atomic E-state index is -0.594. The summed E-state index contributed by atoms with van der Waals surface area (Å²) in [5.74, 6) is -0.211. The predicted molar refractivity (Wildman–Crippen MR) is 139 cm³/mol. The van der Waals surface area contributed by atoms with Crippen LogP contribution in [0.5, 0.6) is 0 Å². The molecule has 3 aromatic carbocycles. The van der Waals surface area contributed by atoms with E-state index in [1.165, 1.54) is 28.0 Å². The molecule has 4 rings (SSSR count). The number of thiazole rings is 1. The molecule has 7 heteroatoms. The summed E-state index contributed by atoms with van der Waals surface area (Å²) in [7, 11) is 0. The van der Waals surface area contributed by atoms with Crippen molar-refractivity contribution in [3.8, 4) is 11.1 Å². The fourth-order valence-corrected chi connectivity index (χ4v) is 4.59. The van der Waals surface area contributed by atoms with Gasteiger partial charge in [-0.05, 0) is 87.2 Å². The lowest BCUT2D eigenvalue weighted by atomic mass is 9.96. The van der Waals surface area contributed by atoms with Crippen LogP contribution >= 0.6 is 11.3 Å². The molecule has 0 saturated carbocycles. The molecule has 34 heavy (non-hydrogen) atoms. The van der Waals surface area contributed by atoms with Gasteiger partial charge in [-0.25, -0.2) is 9.78 Å². The van der Waals surface area contributed by atoms with Gasteiger partial charge in [0.2, 0.25) is 0 Å². The Labute approximate surface area is 203 Å². The molecule has 0 aliphatic rings. The van der Waals surface area contributed by atoms with Gasteiger partial charge >= 0.3 is 6.09 Å². The second-order valence-electron chi connectivity index (χ2n) is 9.13. The quantitative estimate of drug-likeness (QED) is 0.329. The van der Waals surface area contributed by atoms with Crippen molar-refractivity contribution in [3.05, 3.63) is 77.4 Å². The van der Waals surface area contributed by atoms with Crippen LogP contribution in [0.25, 0.3) is 21.3 Å². The first-order valence-corrected chi connectivity index (χ1v) is 11.8. The molecule has 0 spiro atoms. The maximum atomic E-state index is 12.8. The molecule has 1 aromatic heterocycles. The van der Waals surface area contributed by atoms with Crippen molar-refractivity contribution in [1.82, 2.24) is 4.98 Å². The molecule has 1 heterocycles. The Hall–Kier alpha value is -3.71. The zero-order chi connectivity index (χ0) is 24.5. The lowest BCUT2D eigenvalue weighted by molar-refractivity contribution is 0.0635. The van der Waals surface area contributed by atoms with Crippen molar-refractivity contribution in [3.63, 3.8) is 0 Å². The third-order valence-corrected chi connectivity index (χ3v) is 6.10. The summed E-state index contributed by atoms with van der Waals surface area (Å²) in [5.41, 5.74) is 6.10. The molecular formula is C27H27N3O3S. The number of aromatic nitrogens is 1. The highest BCUT2D eigenvalue weighted by Crippen LogP contribution is 2.29. The van der Waals surface area contributed by atoms with E-state index in [4.69, 9.17) is 4.74 Å². The molecule has 0 fully saturated rings. The third kappa shape index (κ3) is 5.43. The largest absolute Gasteiger partial charge is 0.444 e. The summed E-state index contributed by atoms with van der Waals surface area (Å²) in [6.07, 6.45) is -0.561. The Morgan fingerprint density at radius 3 is 2.24 bits per heavy atom. The molecule has 0 saturated heterocycles. The van der Waals surface area contributed by atoms with Gasteiger partial charge < -0.3 is 10.1 Å². The molecule has 2 amide bonds. The number of carbonyl (C=O) groups is 2. The van der Waals surface area contributed by atoms with E-state index in [0.29, 0.717) is 16.2 Å². The highest BCUT2D eigenvalue weighted by atomic mass is 32.1. The van der Waals surface area contributed by atoms with Crippen molar-refractivity contribution in [2.45, 2.75) is 40.2 Å². The number of amides is 2. The molecule has 0 aliphatic carbocycles. The normalized spacial score (nSPS) is 11.3. The summed E-state index contributed by atoms with van der Waals surface area (Å²) >= 11 is 1.29. The van der Waals surface area contributed by atoms with E-state index in [9.17, 15) is 9.59 Å². The van der Waals surface area contributed by atoms with Gasteiger partial charge in [-0.1, -0.05) is 41.7 Å². The Bertz CT molecular complexity index is 1350. The van der Waals surface area contributed by atoms with Crippen LogP contribution in [-0.4, -0.2) is 22.6 Å². The van der Waals surface area contributed by atoms with Gasteiger partial charge in [-0.2, -0.15) is 0 Å². The van der Waals surface area contributed by atoms with Gasteiger partial charge in [0.05, 0.1) is 10.2 Å². The fourth-order valence-electron chi connectivity index (χ4n) is 3.70. The minimum Gasteiger partial charge on any atom is -0.444 e. The van der Waals surface area contributed by atoms with Crippen molar-refractivity contribution in [1.29, 1.82) is 0 Å². The maximum absolute atomic E-state index is 12.8. The van der Waals surface area contributed by atoms with Crippen LogP contribution in [0.4, 0.5) is 15.6 Å². The SMILES string of the molecule is Cc1cccc(C)c1-c1ccc(NC(=O)c2ccc3nc(NC(=O)OC(C)(C)C)sc3c2)cc1. The van der Waals surface area contributed by atoms with E-state index in [1.54, 1.807) is 39.0 Å². The lowest BCUT2D eigenvalue weighted by Gasteiger charge is -2.18. The smallest absolute Gasteiger partial charge is 0.413 e. The number of rotatable bonds is 4. The zero-order valence-corrected chi connectivity index (χ0v) is 20.7. The van der Waals surface area contributed by atoms with Gasteiger partial charge in [0.1, 0.15) is 5.60 Å². The second kappa shape index (κ2) is 9.27. The van der Waals surface area contributed by atoms with Crippen LogP contribution in [0.1, 0.15) is 42.3 Å². The number of carbonyl (C=O) groups excluding carboxylic acids is 2. The van der Waals surface area contributed by atoms with Crippen molar-refractivity contribution in [2.24, 2.45) is 0 Å². The first-order chi connectivity index (χ1) is 16.1. The van der Waals surface area contributed by atoms with Gasteiger partial charge in [0.15, 0.2) is 5.13 Å². The number of nitrogens with zero attached hydrogens (tertiary/aromatic N) is 1. The van der Waals surface area contributed by atoms with E-state index in [1.807, 2.05) is 24.3 Å². The zero-order valence-electron chi connectivity index (χ0n) is 19.9. The maximum Gasteiger partial charge on any atom is 0.413 e. The molecule has 6 nitrogen and oxygen atoms in total. The number of anilines is 2. The van der Waals surface area contributed by atoms with Crippen LogP contribution in [0.2, 0.25) is 0 Å². The molecule has 0 unspecified atom stereocenters. The van der Waals surface area contributed by atoms with E-state index in [0.717, 1.165) is 16.0 Å². The number of fused-ring (bicyclic) bond motifs is 1. The Kier molecular flexibility index (Phi) is 6.39. The molecule has 0 radical (unpaired) electrons. The molecule has 0 atom stereocenters. The summed E-state index contributed by atoms with van der Waals surface area (Å²) in [6, 6.07) is 19.4. The number of benzene rings is 3. The predicted octanol–water partition coefficient (Wildman–Crippen LogP) is 7.18. The highest BCUT2D eigenvalue weighted by Gasteiger charge is 2.18. The Balaban J connectivity index is 1.47. The first kappa shape index (κ1) is 23.4. The van der Waals surface area contributed by atoms with Crippen LogP contribution in [0.15, 0.2) is 60.7 Å². The summed E-state index contributed by atoms with van der Waals surface area (Å²) in [4.78, 5) is 29.2. The Morgan fingerprint density at radius 1 is 0.912 bits per heavy atom. The first-order valence-electron chi connectivity index (χ1n) is 11.0. The highest BCUT2D eigenvalue weighted by molar-refractivity contribution is 7.22. The number of ether oxygens (including phenoxy) is 1. The number of nitrogens with one attached hydrogen (secondary N) is 2. The molecule has 0 bridgehead atoms. The third-order valence-electron chi connectivity index (χ3n) is 5.17. The van der Waals surface area contributed by atoms with E-state index < -0.39 is 11.7 Å². The summed E-state index contributed by atoms with van der Waals surface area (Å²) in [6.45, 7) is 9.59. The van der Waals surface area contributed by atoms with Gasteiger partial charge in [0, 0.05) is 11.3 Å². The number of hydrogen-bond acceptors (Lipinski definition) is 5. The standard InChI is InChI=1S/C27H27N3O3S/c1-16-7-6-8-17(2)23(16)18-9-12-20(13-10-18)28-24(31)19-11-14-21-22(15-19)34-25(29-21)30-26(32)33-27(3,4)5/h6-15H,1-5H3,(H,28,31)(H,29,30,32). The van der Waals surface area contributed by atoms with Gasteiger partial charge in [-0.3, -0.25) is 10.1 Å². The minimum absolute atomic E-state index is 0.211. The summed E-state index contributed by atoms with van der Waals surface area (Å²) < 4.78 is 6.06. The number of hydrogen-bond donors (Lipinski definition) is 2. The molecule has 0 aliphatic heterocycles. The fraction of sp³-hybridized carbons (Fsp3) is 0.222. The topological polar surface area (TPSA) is 80.3 Å². The average Bonchev–Trinajstić information content (AvgIpc) is 3.14. The van der Waals surface area contributed by atoms with Crippen LogP contribution in [0, 0.1) is 13.8 Å². The van der Waals surface area contributed by atoms with Gasteiger partial charge in [-0.15, -0.1) is 0 Å². The van der Waals surface area contributed by atoms with Crippen LogP contribution < -0.4 is 10.6 Å². The average molecular weight is 474 g/mol. The molecule has 4 aromatic rings. The lowest BCUT2D eigenvalue weighted by Crippen LogP contribution is -2.27. The summed E-state index contributed by atoms with van der Waals surface area (Å²) in [5, 5.41) is 6.02. The monoisotopic (exact) mass is 473 g/mol. The number of aryl methyl sites for hydroxylation is 2. The molecular weight excluding hydrogens is 446 g/mol. The van der Waals surface area contributed by atoms with Gasteiger partial charge in [0.25, 0.3) is 5.91 Å². The van der Waals surface area contributed by atoms with Crippen molar-refractivity contribution in [2.75, 3.05) is 10.6 Å². The van der Waals surface area contributed by atoms with Crippen LogP contribution in [-0.2, 0) is 4.74 Å². The van der Waals surface area contributed by atoms with Crippen molar-refractivity contribution >= 4 is 44.4 Å². The van der Waals surface area contributed by atoms with E-state index in [2.05, 4.69) is 47.7 Å². The van der Waals surface area contributed by atoms with Crippen LogP contribution in [0.3, 0.4) is 0 Å². The van der Waals surface area contributed by atoms with E-state index in [-0.39, 0.29) is 5.91 Å².